The van der Waals surface area contributed by atoms with E-state index in [4.69, 9.17) is 4.74 Å². The van der Waals surface area contributed by atoms with Gasteiger partial charge in [0.2, 0.25) is 0 Å². The summed E-state index contributed by atoms with van der Waals surface area (Å²) >= 11 is 4.01. The zero-order chi connectivity index (χ0) is 15.7. The van der Waals surface area contributed by atoms with Gasteiger partial charge < -0.3 is 4.74 Å². The van der Waals surface area contributed by atoms with Crippen LogP contribution in [0.3, 0.4) is 0 Å². The number of thiophene rings is 1. The molecule has 0 unspecified atom stereocenters. The number of pyridine rings is 1. The number of hydrogen-bond acceptors (Lipinski definition) is 5. The van der Waals surface area contributed by atoms with Crippen molar-refractivity contribution >= 4 is 23.1 Å². The molecular formula is C18H22N2OS2. The van der Waals surface area contributed by atoms with Gasteiger partial charge in [0.05, 0.1) is 12.7 Å². The number of aryl methyl sites for hydroxylation is 1. The molecule has 0 bridgehead atoms. The van der Waals surface area contributed by atoms with E-state index in [1.54, 1.807) is 0 Å². The van der Waals surface area contributed by atoms with Crippen molar-refractivity contribution in [3.8, 4) is 0 Å². The van der Waals surface area contributed by atoms with Gasteiger partial charge in [0.15, 0.2) is 0 Å². The minimum Gasteiger partial charge on any atom is -0.373 e. The van der Waals surface area contributed by atoms with Gasteiger partial charge in [-0.05, 0) is 48.1 Å². The van der Waals surface area contributed by atoms with Crippen molar-refractivity contribution in [3.05, 3.63) is 52.0 Å². The standard InChI is InChI=1S/C18H22N2OS2/c1-14-4-7-22-17(14)9-20-12-18(13-20)8-16(11-23-18)21-10-15-2-5-19-6-3-15/h2-7,16H,8-13H2,1H3/t16-/m1/s1. The van der Waals surface area contributed by atoms with Crippen LogP contribution < -0.4 is 0 Å². The summed E-state index contributed by atoms with van der Waals surface area (Å²) in [5.41, 5.74) is 2.66. The Balaban J connectivity index is 1.24. The lowest BCUT2D eigenvalue weighted by Crippen LogP contribution is -2.58. The van der Waals surface area contributed by atoms with E-state index < -0.39 is 0 Å². The van der Waals surface area contributed by atoms with E-state index >= 15 is 0 Å². The zero-order valence-electron chi connectivity index (χ0n) is 13.4. The van der Waals surface area contributed by atoms with Crippen LogP contribution in [0.1, 0.15) is 22.4 Å². The maximum Gasteiger partial charge on any atom is 0.0722 e. The Morgan fingerprint density at radius 1 is 1.30 bits per heavy atom. The Morgan fingerprint density at radius 3 is 2.87 bits per heavy atom. The molecule has 2 aliphatic heterocycles. The summed E-state index contributed by atoms with van der Waals surface area (Å²) in [5, 5.41) is 2.20. The molecule has 5 heteroatoms. The summed E-state index contributed by atoms with van der Waals surface area (Å²) in [6.07, 6.45) is 5.27. The quantitative estimate of drug-likeness (QED) is 0.824. The molecule has 0 saturated carbocycles. The fourth-order valence-electron chi connectivity index (χ4n) is 3.47. The van der Waals surface area contributed by atoms with Gasteiger partial charge in [-0.25, -0.2) is 0 Å². The van der Waals surface area contributed by atoms with Crippen LogP contribution in [0.4, 0.5) is 0 Å². The first-order chi connectivity index (χ1) is 11.2. The van der Waals surface area contributed by atoms with E-state index in [-0.39, 0.29) is 0 Å². The highest BCUT2D eigenvalue weighted by atomic mass is 32.2. The van der Waals surface area contributed by atoms with Crippen LogP contribution in [-0.4, -0.2) is 39.6 Å². The van der Waals surface area contributed by atoms with Crippen LogP contribution in [0.2, 0.25) is 0 Å². The van der Waals surface area contributed by atoms with Crippen molar-refractivity contribution in [2.24, 2.45) is 0 Å². The van der Waals surface area contributed by atoms with E-state index in [9.17, 15) is 0 Å². The second-order valence-electron chi connectivity index (χ2n) is 6.66. The molecular weight excluding hydrogens is 324 g/mol. The van der Waals surface area contributed by atoms with Crippen molar-refractivity contribution in [2.45, 2.75) is 37.3 Å². The normalized spacial score (nSPS) is 23.3. The largest absolute Gasteiger partial charge is 0.373 e. The molecule has 0 N–H and O–H groups in total. The SMILES string of the molecule is Cc1ccsc1CN1CC2(C[C@@H](OCc3ccncc3)CS2)C1. The Hall–Kier alpha value is -0.880. The lowest BCUT2D eigenvalue weighted by molar-refractivity contribution is 0.0266. The number of hydrogen-bond donors (Lipinski definition) is 0. The first kappa shape index (κ1) is 15.6. The molecule has 0 radical (unpaired) electrons. The molecule has 2 aromatic rings. The van der Waals surface area contributed by atoms with Crippen LogP contribution in [0.5, 0.6) is 0 Å². The molecule has 0 aromatic carbocycles. The van der Waals surface area contributed by atoms with E-state index in [1.165, 1.54) is 35.5 Å². The minimum atomic E-state index is 0.402. The van der Waals surface area contributed by atoms with E-state index in [0.717, 1.165) is 12.3 Å². The molecule has 2 aromatic heterocycles. The van der Waals surface area contributed by atoms with Gasteiger partial charge in [0.25, 0.3) is 0 Å². The third-order valence-corrected chi connectivity index (χ3v) is 7.35. The molecule has 1 atom stereocenters. The first-order valence-electron chi connectivity index (χ1n) is 8.12. The van der Waals surface area contributed by atoms with Crippen LogP contribution in [0.15, 0.2) is 36.0 Å². The molecule has 2 fully saturated rings. The molecule has 0 aliphatic carbocycles. The summed E-state index contributed by atoms with van der Waals surface area (Å²) in [5.74, 6) is 1.14. The molecule has 4 rings (SSSR count). The molecule has 1 spiro atoms. The van der Waals surface area contributed by atoms with Crippen LogP contribution in [0.25, 0.3) is 0 Å². The molecule has 2 aliphatic rings. The maximum atomic E-state index is 6.12. The summed E-state index contributed by atoms with van der Waals surface area (Å²) in [6, 6.07) is 6.29. The lowest BCUT2D eigenvalue weighted by Gasteiger charge is -2.47. The van der Waals surface area contributed by atoms with E-state index in [1.807, 2.05) is 35.9 Å². The van der Waals surface area contributed by atoms with Crippen molar-refractivity contribution in [1.82, 2.24) is 9.88 Å². The highest BCUT2D eigenvalue weighted by molar-refractivity contribution is 8.01. The molecule has 23 heavy (non-hydrogen) atoms. The topological polar surface area (TPSA) is 25.4 Å². The number of likely N-dealkylation sites (tertiary alicyclic amines) is 1. The lowest BCUT2D eigenvalue weighted by atomic mass is 9.93. The summed E-state index contributed by atoms with van der Waals surface area (Å²) in [6.45, 7) is 6.47. The second kappa shape index (κ2) is 6.55. The molecule has 4 heterocycles. The number of aromatic nitrogens is 1. The van der Waals surface area contributed by atoms with E-state index in [2.05, 4.69) is 40.0 Å². The zero-order valence-corrected chi connectivity index (χ0v) is 15.0. The number of nitrogens with zero attached hydrogens (tertiary/aromatic N) is 2. The smallest absolute Gasteiger partial charge is 0.0722 e. The van der Waals surface area contributed by atoms with Crippen molar-refractivity contribution < 1.29 is 4.74 Å². The van der Waals surface area contributed by atoms with Gasteiger partial charge >= 0.3 is 0 Å². The van der Waals surface area contributed by atoms with Gasteiger partial charge in [-0.2, -0.15) is 0 Å². The van der Waals surface area contributed by atoms with E-state index in [0.29, 0.717) is 17.5 Å². The number of ether oxygens (including phenoxy) is 1. The molecule has 2 saturated heterocycles. The van der Waals surface area contributed by atoms with Gasteiger partial charge in [-0.15, -0.1) is 23.1 Å². The summed E-state index contributed by atoms with van der Waals surface area (Å²) in [4.78, 5) is 8.15. The Kier molecular flexibility index (Phi) is 4.46. The third-order valence-electron chi connectivity index (χ3n) is 4.77. The average Bonchev–Trinajstić information content (AvgIpc) is 3.13. The van der Waals surface area contributed by atoms with Gasteiger partial charge in [0, 0.05) is 47.4 Å². The number of thioether (sulfide) groups is 1. The van der Waals surface area contributed by atoms with Crippen LogP contribution in [0, 0.1) is 6.92 Å². The third kappa shape index (κ3) is 3.48. The van der Waals surface area contributed by atoms with Crippen molar-refractivity contribution in [2.75, 3.05) is 18.8 Å². The monoisotopic (exact) mass is 346 g/mol. The molecule has 3 nitrogen and oxygen atoms in total. The Labute approximate surface area is 146 Å². The highest BCUT2D eigenvalue weighted by Gasteiger charge is 2.49. The predicted molar refractivity (Wildman–Crippen MR) is 97.0 cm³/mol. The van der Waals surface area contributed by atoms with Gasteiger partial charge in [-0.1, -0.05) is 0 Å². The Bertz CT molecular complexity index is 652. The molecule has 122 valence electrons. The fourth-order valence-corrected chi connectivity index (χ4v) is 6.03. The van der Waals surface area contributed by atoms with Gasteiger partial charge in [0.1, 0.15) is 0 Å². The Morgan fingerprint density at radius 2 is 2.13 bits per heavy atom. The van der Waals surface area contributed by atoms with Crippen LogP contribution in [-0.2, 0) is 17.9 Å². The van der Waals surface area contributed by atoms with Crippen molar-refractivity contribution in [1.29, 1.82) is 0 Å². The second-order valence-corrected chi connectivity index (χ2v) is 9.15. The predicted octanol–water partition coefficient (Wildman–Crippen LogP) is 3.73. The molecule has 0 amide bonds. The van der Waals surface area contributed by atoms with Crippen LogP contribution >= 0.6 is 23.1 Å². The van der Waals surface area contributed by atoms with Gasteiger partial charge in [-0.3, -0.25) is 9.88 Å². The first-order valence-corrected chi connectivity index (χ1v) is 9.99. The summed E-state index contributed by atoms with van der Waals surface area (Å²) in [7, 11) is 0. The summed E-state index contributed by atoms with van der Waals surface area (Å²) < 4.78 is 6.57. The average molecular weight is 347 g/mol. The maximum absolute atomic E-state index is 6.12. The minimum absolute atomic E-state index is 0.402. The van der Waals surface area contributed by atoms with Crippen molar-refractivity contribution in [3.63, 3.8) is 0 Å². The number of rotatable bonds is 5. The fraction of sp³-hybridized carbons (Fsp3) is 0.500. The highest BCUT2D eigenvalue weighted by Crippen LogP contribution is 2.46.